The fraction of sp³-hybridized carbons (Fsp3) is 0.174. The average molecular weight is 396 g/mol. The van der Waals surface area contributed by atoms with Gasteiger partial charge in [0.25, 0.3) is 0 Å². The molecule has 0 N–H and O–H groups in total. The molecule has 144 valence electrons. The van der Waals surface area contributed by atoms with Crippen LogP contribution in [0.5, 0.6) is 0 Å². The van der Waals surface area contributed by atoms with Gasteiger partial charge in [-0.15, -0.1) is 0 Å². The summed E-state index contributed by atoms with van der Waals surface area (Å²) in [5, 5.41) is 0. The maximum atomic E-state index is 13.0. The van der Waals surface area contributed by atoms with E-state index in [4.69, 9.17) is 0 Å². The first-order chi connectivity index (χ1) is 13.3. The lowest BCUT2D eigenvalue weighted by atomic mass is 9.99. The molecule has 0 aliphatic heterocycles. The van der Waals surface area contributed by atoms with Crippen LogP contribution >= 0.6 is 0 Å². The number of rotatable bonds is 7. The molecule has 3 rings (SSSR count). The molecule has 28 heavy (non-hydrogen) atoms. The van der Waals surface area contributed by atoms with Crippen LogP contribution in [0, 0.1) is 12.7 Å². The van der Waals surface area contributed by atoms with Crippen molar-refractivity contribution in [3.05, 3.63) is 101 Å². The molecule has 5 heteroatoms. The van der Waals surface area contributed by atoms with Gasteiger partial charge in [-0.1, -0.05) is 54.1 Å². The first-order valence-electron chi connectivity index (χ1n) is 8.96. The number of benzene rings is 3. The molecule has 0 saturated carbocycles. The third-order valence-electron chi connectivity index (χ3n) is 4.55. The van der Waals surface area contributed by atoms with E-state index in [1.807, 2.05) is 6.92 Å². The molecule has 0 atom stereocenters. The van der Waals surface area contributed by atoms with E-state index in [-0.39, 0.29) is 35.1 Å². The zero-order chi connectivity index (χ0) is 20.1. The zero-order valence-electron chi connectivity index (χ0n) is 15.6. The lowest BCUT2D eigenvalue weighted by molar-refractivity contribution is -0.117. The Morgan fingerprint density at radius 2 is 1.43 bits per heavy atom. The third kappa shape index (κ3) is 5.14. The monoisotopic (exact) mass is 396 g/mol. The van der Waals surface area contributed by atoms with Gasteiger partial charge in [0.05, 0.1) is 10.6 Å². The first-order valence-corrected chi connectivity index (χ1v) is 10.6. The number of carbonyl (C=O) groups is 1. The van der Waals surface area contributed by atoms with E-state index >= 15 is 0 Å². The van der Waals surface area contributed by atoms with Crippen LogP contribution in [-0.4, -0.2) is 14.2 Å². The van der Waals surface area contributed by atoms with E-state index in [2.05, 4.69) is 0 Å². The molecular formula is C23H21FO3S. The third-order valence-corrected chi connectivity index (χ3v) is 6.23. The summed E-state index contributed by atoms with van der Waals surface area (Å²) in [7, 11) is -3.51. The van der Waals surface area contributed by atoms with E-state index < -0.39 is 9.84 Å². The van der Waals surface area contributed by atoms with Gasteiger partial charge in [-0.3, -0.25) is 4.79 Å². The van der Waals surface area contributed by atoms with Crippen LogP contribution in [0.1, 0.15) is 22.3 Å². The summed E-state index contributed by atoms with van der Waals surface area (Å²) in [5.74, 6) is -0.551. The average Bonchev–Trinajstić information content (AvgIpc) is 2.65. The normalized spacial score (nSPS) is 11.4. The molecule has 0 aliphatic rings. The van der Waals surface area contributed by atoms with Gasteiger partial charge in [-0.25, -0.2) is 12.8 Å². The van der Waals surface area contributed by atoms with Crippen LogP contribution in [-0.2, 0) is 33.2 Å². The minimum absolute atomic E-state index is 0.0493. The molecule has 0 fully saturated rings. The molecule has 0 aliphatic carbocycles. The number of carbonyl (C=O) groups excluding carboxylic acids is 1. The van der Waals surface area contributed by atoms with Gasteiger partial charge >= 0.3 is 0 Å². The van der Waals surface area contributed by atoms with Gasteiger partial charge in [0.2, 0.25) is 0 Å². The molecule has 3 aromatic carbocycles. The standard InChI is InChI=1S/C23H21FO3S/c1-17-6-12-23(13-7-17)28(26,27)16-20-5-3-2-4-19(20)15-22(25)14-18-8-10-21(24)11-9-18/h2-13H,14-16H2,1H3. The van der Waals surface area contributed by atoms with Crippen LogP contribution in [0.4, 0.5) is 4.39 Å². The molecular weight excluding hydrogens is 375 g/mol. The molecule has 0 unspecified atom stereocenters. The molecule has 0 aromatic heterocycles. The number of halogens is 1. The Kier molecular flexibility index (Phi) is 6.05. The summed E-state index contributed by atoms with van der Waals surface area (Å²) < 4.78 is 38.5. The van der Waals surface area contributed by atoms with Crippen LogP contribution in [0.15, 0.2) is 77.7 Å². The Labute approximate surface area is 164 Å². The van der Waals surface area contributed by atoms with Gasteiger partial charge in [-0.05, 0) is 47.9 Å². The van der Waals surface area contributed by atoms with Crippen molar-refractivity contribution in [3.8, 4) is 0 Å². The minimum atomic E-state index is -3.51. The molecule has 0 bridgehead atoms. The molecule has 3 aromatic rings. The van der Waals surface area contributed by atoms with E-state index in [1.54, 1.807) is 60.7 Å². The number of sulfone groups is 1. The van der Waals surface area contributed by atoms with Gasteiger partial charge in [0, 0.05) is 12.8 Å². The van der Waals surface area contributed by atoms with Gasteiger partial charge < -0.3 is 0 Å². The van der Waals surface area contributed by atoms with E-state index in [0.29, 0.717) is 11.1 Å². The molecule has 0 radical (unpaired) electrons. The lowest BCUT2D eigenvalue weighted by Gasteiger charge is -2.10. The summed E-state index contributed by atoms with van der Waals surface area (Å²) in [6.07, 6.45) is 0.316. The maximum absolute atomic E-state index is 13.0. The second-order valence-corrected chi connectivity index (χ2v) is 8.85. The van der Waals surface area contributed by atoms with E-state index in [1.165, 1.54) is 12.1 Å². The molecule has 0 spiro atoms. The SMILES string of the molecule is Cc1ccc(S(=O)(=O)Cc2ccccc2CC(=O)Cc2ccc(F)cc2)cc1. The van der Waals surface area contributed by atoms with Crippen LogP contribution in [0.2, 0.25) is 0 Å². The highest BCUT2D eigenvalue weighted by Crippen LogP contribution is 2.20. The summed E-state index contributed by atoms with van der Waals surface area (Å²) in [6.45, 7) is 1.90. The summed E-state index contributed by atoms with van der Waals surface area (Å²) in [4.78, 5) is 12.7. The lowest BCUT2D eigenvalue weighted by Crippen LogP contribution is -2.11. The Hall–Kier alpha value is -2.79. The van der Waals surface area contributed by atoms with Crippen molar-refractivity contribution in [3.63, 3.8) is 0 Å². The highest BCUT2D eigenvalue weighted by molar-refractivity contribution is 7.90. The largest absolute Gasteiger partial charge is 0.299 e. The van der Waals surface area contributed by atoms with Crippen molar-refractivity contribution in [2.24, 2.45) is 0 Å². The van der Waals surface area contributed by atoms with Crippen LogP contribution < -0.4 is 0 Å². The Bertz CT molecular complexity index is 1070. The van der Waals surface area contributed by atoms with Gasteiger partial charge in [0.1, 0.15) is 11.6 Å². The van der Waals surface area contributed by atoms with Crippen molar-refractivity contribution in [2.45, 2.75) is 30.4 Å². The second kappa shape index (κ2) is 8.48. The van der Waals surface area contributed by atoms with E-state index in [9.17, 15) is 17.6 Å². The summed E-state index contributed by atoms with van der Waals surface area (Å²) in [5.41, 5.74) is 3.04. The number of ketones is 1. The van der Waals surface area contributed by atoms with Crippen molar-refractivity contribution in [1.29, 1.82) is 0 Å². The van der Waals surface area contributed by atoms with Crippen LogP contribution in [0.3, 0.4) is 0 Å². The Morgan fingerprint density at radius 1 is 0.821 bits per heavy atom. The topological polar surface area (TPSA) is 51.2 Å². The van der Waals surface area contributed by atoms with Gasteiger partial charge in [0.15, 0.2) is 9.84 Å². The summed E-state index contributed by atoms with van der Waals surface area (Å²) >= 11 is 0. The summed E-state index contributed by atoms with van der Waals surface area (Å²) in [6, 6.07) is 19.7. The molecule has 0 heterocycles. The fourth-order valence-electron chi connectivity index (χ4n) is 3.01. The number of Topliss-reactive ketones (excluding diaryl/α,β-unsaturated/α-hetero) is 1. The van der Waals surface area contributed by atoms with Gasteiger partial charge in [-0.2, -0.15) is 0 Å². The first kappa shape index (κ1) is 20.0. The Balaban J connectivity index is 1.76. The molecule has 0 amide bonds. The van der Waals surface area contributed by atoms with E-state index in [0.717, 1.165) is 11.1 Å². The minimum Gasteiger partial charge on any atom is -0.299 e. The quantitative estimate of drug-likeness (QED) is 0.592. The van der Waals surface area contributed by atoms with Crippen molar-refractivity contribution in [1.82, 2.24) is 0 Å². The predicted octanol–water partition coefficient (Wildman–Crippen LogP) is 4.46. The molecule has 0 saturated heterocycles. The molecule has 3 nitrogen and oxygen atoms in total. The van der Waals surface area contributed by atoms with Crippen molar-refractivity contribution >= 4 is 15.6 Å². The fourth-order valence-corrected chi connectivity index (χ4v) is 4.42. The van der Waals surface area contributed by atoms with Crippen molar-refractivity contribution in [2.75, 3.05) is 0 Å². The number of hydrogen-bond donors (Lipinski definition) is 0. The zero-order valence-corrected chi connectivity index (χ0v) is 16.4. The number of hydrogen-bond acceptors (Lipinski definition) is 3. The highest BCUT2D eigenvalue weighted by Gasteiger charge is 2.18. The maximum Gasteiger partial charge on any atom is 0.182 e. The van der Waals surface area contributed by atoms with Crippen LogP contribution in [0.25, 0.3) is 0 Å². The Morgan fingerprint density at radius 3 is 2.07 bits per heavy atom. The number of aryl methyl sites for hydroxylation is 1. The predicted molar refractivity (Wildman–Crippen MR) is 107 cm³/mol. The van der Waals surface area contributed by atoms with Crippen molar-refractivity contribution < 1.29 is 17.6 Å². The smallest absolute Gasteiger partial charge is 0.182 e. The highest BCUT2D eigenvalue weighted by atomic mass is 32.2. The second-order valence-electron chi connectivity index (χ2n) is 6.86.